The average molecular weight is 408 g/mol. The smallest absolute Gasteiger partial charge is 0.387 e. The Kier molecular flexibility index (Phi) is 7.11. The molecule has 0 bridgehead atoms. The molecule has 1 fully saturated rings. The van der Waals surface area contributed by atoms with Crippen LogP contribution >= 0.6 is 0 Å². The third kappa shape index (κ3) is 6.20. The molecule has 1 aliphatic heterocycles. The predicted molar refractivity (Wildman–Crippen MR) is 101 cm³/mol. The Morgan fingerprint density at radius 2 is 1.90 bits per heavy atom. The molecule has 29 heavy (non-hydrogen) atoms. The Balaban J connectivity index is 1.51. The number of hydrogen-bond acceptors (Lipinski definition) is 4. The number of halogens is 3. The van der Waals surface area contributed by atoms with E-state index in [9.17, 15) is 18.0 Å². The highest BCUT2D eigenvalue weighted by atomic mass is 19.3. The zero-order valence-corrected chi connectivity index (χ0v) is 16.1. The number of ether oxygens (including phenoxy) is 2. The zero-order valence-electron chi connectivity index (χ0n) is 16.1. The molecule has 0 aliphatic carbocycles. The molecular weight excluding hydrogens is 385 g/mol. The number of alkyl halides is 2. The molecule has 0 spiro atoms. The summed E-state index contributed by atoms with van der Waals surface area (Å²) in [4.78, 5) is 16.2. The van der Waals surface area contributed by atoms with Gasteiger partial charge in [0, 0.05) is 26.7 Å². The fourth-order valence-electron chi connectivity index (χ4n) is 3.18. The number of likely N-dealkylation sites (N-methyl/N-ethyl adjacent to an activating group) is 1. The Morgan fingerprint density at radius 3 is 2.55 bits per heavy atom. The minimum absolute atomic E-state index is 0.0577. The van der Waals surface area contributed by atoms with E-state index in [1.807, 2.05) is 4.90 Å². The average Bonchev–Trinajstić information content (AvgIpc) is 2.70. The van der Waals surface area contributed by atoms with Gasteiger partial charge in [-0.25, -0.2) is 4.39 Å². The minimum Gasteiger partial charge on any atom is -0.435 e. The van der Waals surface area contributed by atoms with Gasteiger partial charge >= 0.3 is 6.61 Å². The molecule has 0 radical (unpaired) electrons. The molecule has 0 N–H and O–H groups in total. The van der Waals surface area contributed by atoms with Crippen molar-refractivity contribution in [1.29, 1.82) is 0 Å². The van der Waals surface area contributed by atoms with Gasteiger partial charge in [0.25, 0.3) is 0 Å². The van der Waals surface area contributed by atoms with Gasteiger partial charge in [-0.15, -0.1) is 0 Å². The molecule has 0 saturated carbocycles. The van der Waals surface area contributed by atoms with Gasteiger partial charge in [-0.2, -0.15) is 8.78 Å². The van der Waals surface area contributed by atoms with Crippen molar-refractivity contribution in [2.24, 2.45) is 0 Å². The van der Waals surface area contributed by atoms with E-state index in [1.165, 1.54) is 24.3 Å². The van der Waals surface area contributed by atoms with Crippen LogP contribution in [0, 0.1) is 5.82 Å². The maximum absolute atomic E-state index is 13.1. The number of amides is 1. The van der Waals surface area contributed by atoms with E-state index in [0.717, 1.165) is 11.1 Å². The van der Waals surface area contributed by atoms with Crippen LogP contribution in [0.5, 0.6) is 5.75 Å². The summed E-state index contributed by atoms with van der Waals surface area (Å²) in [6.45, 7) is -0.590. The fourth-order valence-corrected chi connectivity index (χ4v) is 3.18. The molecule has 1 amide bonds. The topological polar surface area (TPSA) is 42.0 Å². The maximum Gasteiger partial charge on any atom is 0.387 e. The molecule has 156 valence electrons. The third-order valence-corrected chi connectivity index (χ3v) is 4.75. The van der Waals surface area contributed by atoms with E-state index in [2.05, 4.69) is 4.74 Å². The standard InChI is InChI=1S/C21H23F3N2O3/c1-25(12-15-2-8-18(9-3-15)29-21(23)24)20(27)14-26-10-11-28-19(13-26)16-4-6-17(22)7-5-16/h2-9,19,21H,10-14H2,1H3. The van der Waals surface area contributed by atoms with E-state index in [4.69, 9.17) is 4.74 Å². The maximum atomic E-state index is 13.1. The molecular formula is C21H23F3N2O3. The third-order valence-electron chi connectivity index (χ3n) is 4.75. The summed E-state index contributed by atoms with van der Waals surface area (Å²) in [5.41, 5.74) is 1.69. The second-order valence-corrected chi connectivity index (χ2v) is 6.92. The van der Waals surface area contributed by atoms with E-state index >= 15 is 0 Å². The molecule has 1 unspecified atom stereocenters. The van der Waals surface area contributed by atoms with Crippen molar-refractivity contribution >= 4 is 5.91 Å². The van der Waals surface area contributed by atoms with Crippen LogP contribution < -0.4 is 4.74 Å². The highest BCUT2D eigenvalue weighted by Crippen LogP contribution is 2.22. The van der Waals surface area contributed by atoms with E-state index < -0.39 is 6.61 Å². The van der Waals surface area contributed by atoms with Gasteiger partial charge in [-0.3, -0.25) is 9.69 Å². The summed E-state index contributed by atoms with van der Waals surface area (Å²) in [5, 5.41) is 0. The molecule has 1 aliphatic rings. The quantitative estimate of drug-likeness (QED) is 0.704. The van der Waals surface area contributed by atoms with Crippen LogP contribution in [0.3, 0.4) is 0 Å². The highest BCUT2D eigenvalue weighted by Gasteiger charge is 2.24. The first-order valence-electron chi connectivity index (χ1n) is 9.28. The molecule has 8 heteroatoms. The summed E-state index contributed by atoms with van der Waals surface area (Å²) >= 11 is 0. The SMILES string of the molecule is CN(Cc1ccc(OC(F)F)cc1)C(=O)CN1CCOC(c2ccc(F)cc2)C1. The van der Waals surface area contributed by atoms with Crippen LogP contribution in [0.25, 0.3) is 0 Å². The Bertz CT molecular complexity index is 800. The molecule has 2 aromatic rings. The predicted octanol–water partition coefficient (Wildman–Crippen LogP) is 3.46. The molecule has 1 heterocycles. The van der Waals surface area contributed by atoms with Gasteiger partial charge in [0.15, 0.2) is 0 Å². The van der Waals surface area contributed by atoms with Crippen molar-refractivity contribution in [3.05, 3.63) is 65.5 Å². The lowest BCUT2D eigenvalue weighted by molar-refractivity contribution is -0.133. The summed E-state index contributed by atoms with van der Waals surface area (Å²) in [6, 6.07) is 12.4. The van der Waals surface area contributed by atoms with Crippen LogP contribution in [0.15, 0.2) is 48.5 Å². The van der Waals surface area contributed by atoms with Gasteiger partial charge in [-0.1, -0.05) is 24.3 Å². The zero-order chi connectivity index (χ0) is 20.8. The monoisotopic (exact) mass is 408 g/mol. The molecule has 5 nitrogen and oxygen atoms in total. The summed E-state index contributed by atoms with van der Waals surface area (Å²) in [7, 11) is 1.70. The lowest BCUT2D eigenvalue weighted by atomic mass is 10.1. The largest absolute Gasteiger partial charge is 0.435 e. The van der Waals surface area contributed by atoms with Gasteiger partial charge in [0.1, 0.15) is 11.6 Å². The molecule has 3 rings (SSSR count). The Morgan fingerprint density at radius 1 is 1.21 bits per heavy atom. The van der Waals surface area contributed by atoms with Gasteiger partial charge in [0.05, 0.1) is 19.3 Å². The van der Waals surface area contributed by atoms with Crippen molar-refractivity contribution < 1.29 is 27.4 Å². The molecule has 1 atom stereocenters. The van der Waals surface area contributed by atoms with Crippen molar-refractivity contribution in [3.63, 3.8) is 0 Å². The molecule has 0 aromatic heterocycles. The highest BCUT2D eigenvalue weighted by molar-refractivity contribution is 5.78. The number of nitrogens with zero attached hydrogens (tertiary/aromatic N) is 2. The van der Waals surface area contributed by atoms with Crippen LogP contribution in [0.2, 0.25) is 0 Å². The fraction of sp³-hybridized carbons (Fsp3) is 0.381. The number of benzene rings is 2. The molecule has 1 saturated heterocycles. The van der Waals surface area contributed by atoms with E-state index in [-0.39, 0.29) is 30.1 Å². The van der Waals surface area contributed by atoms with Gasteiger partial charge in [0.2, 0.25) is 5.91 Å². The van der Waals surface area contributed by atoms with Crippen molar-refractivity contribution in [2.75, 3.05) is 33.3 Å². The normalized spacial score (nSPS) is 17.3. The van der Waals surface area contributed by atoms with Crippen molar-refractivity contribution in [3.8, 4) is 5.75 Å². The van der Waals surface area contributed by atoms with E-state index in [1.54, 1.807) is 36.2 Å². The van der Waals surface area contributed by atoms with Crippen LogP contribution in [0.1, 0.15) is 17.2 Å². The first-order valence-corrected chi connectivity index (χ1v) is 9.28. The number of morpholine rings is 1. The van der Waals surface area contributed by atoms with Crippen LogP contribution in [-0.4, -0.2) is 55.6 Å². The lowest BCUT2D eigenvalue weighted by Gasteiger charge is -2.33. The lowest BCUT2D eigenvalue weighted by Crippen LogP contribution is -2.44. The summed E-state index contributed by atoms with van der Waals surface area (Å²) < 4.78 is 47.6. The van der Waals surface area contributed by atoms with Gasteiger partial charge < -0.3 is 14.4 Å². The van der Waals surface area contributed by atoms with Crippen molar-refractivity contribution in [2.45, 2.75) is 19.3 Å². The molecule has 2 aromatic carbocycles. The first kappa shape index (κ1) is 21.1. The number of carbonyl (C=O) groups excluding carboxylic acids is 1. The van der Waals surface area contributed by atoms with Crippen LogP contribution in [0.4, 0.5) is 13.2 Å². The summed E-state index contributed by atoms with van der Waals surface area (Å²) in [6.07, 6.45) is -0.204. The summed E-state index contributed by atoms with van der Waals surface area (Å²) in [5.74, 6) is -0.275. The second kappa shape index (κ2) is 9.76. The Hall–Kier alpha value is -2.58. The first-order chi connectivity index (χ1) is 13.9. The van der Waals surface area contributed by atoms with Crippen LogP contribution in [-0.2, 0) is 16.1 Å². The number of rotatable bonds is 7. The number of hydrogen-bond donors (Lipinski definition) is 0. The minimum atomic E-state index is -2.86. The van der Waals surface area contributed by atoms with Crippen molar-refractivity contribution in [1.82, 2.24) is 9.80 Å². The second-order valence-electron chi connectivity index (χ2n) is 6.92. The van der Waals surface area contributed by atoms with E-state index in [0.29, 0.717) is 26.2 Å². The van der Waals surface area contributed by atoms with Gasteiger partial charge in [-0.05, 0) is 35.4 Å². The Labute approximate surface area is 167 Å². The number of carbonyl (C=O) groups is 1.